The zero-order valence-electron chi connectivity index (χ0n) is 9.77. The van der Waals surface area contributed by atoms with Crippen LogP contribution in [0.1, 0.15) is 22.8 Å². The molecular formula is C12H17NO3. The van der Waals surface area contributed by atoms with E-state index in [1.54, 1.807) is 25.1 Å². The predicted octanol–water partition coefficient (Wildman–Crippen LogP) is 1.51. The Hall–Kier alpha value is -1.55. The summed E-state index contributed by atoms with van der Waals surface area (Å²) in [6.45, 7) is 4.10. The van der Waals surface area contributed by atoms with Gasteiger partial charge in [0.15, 0.2) is 0 Å². The summed E-state index contributed by atoms with van der Waals surface area (Å²) in [6.07, 6.45) is -0.413. The highest BCUT2D eigenvalue weighted by Gasteiger charge is 2.10. The van der Waals surface area contributed by atoms with Crippen molar-refractivity contribution in [2.24, 2.45) is 0 Å². The predicted molar refractivity (Wildman–Crippen MR) is 63.1 cm³/mol. The number of rotatable bonds is 4. The van der Waals surface area contributed by atoms with Crippen LogP contribution in [0.2, 0.25) is 0 Å². The van der Waals surface area contributed by atoms with E-state index in [9.17, 15) is 9.90 Å². The second-order valence-corrected chi connectivity index (χ2v) is 4.04. The van der Waals surface area contributed by atoms with Crippen LogP contribution in [-0.2, 0) is 0 Å². The number of aliphatic hydroxyl groups excluding tert-OH is 1. The van der Waals surface area contributed by atoms with E-state index in [0.29, 0.717) is 6.54 Å². The number of aliphatic hydroxyl groups is 1. The molecule has 0 saturated heterocycles. The minimum Gasteiger partial charge on any atom is -0.478 e. The van der Waals surface area contributed by atoms with Crippen molar-refractivity contribution in [1.82, 2.24) is 0 Å². The molecule has 0 amide bonds. The molecule has 0 heterocycles. The molecule has 88 valence electrons. The van der Waals surface area contributed by atoms with E-state index in [-0.39, 0.29) is 5.56 Å². The molecule has 0 radical (unpaired) electrons. The first-order valence-corrected chi connectivity index (χ1v) is 5.15. The average molecular weight is 223 g/mol. The van der Waals surface area contributed by atoms with Crippen molar-refractivity contribution < 1.29 is 15.0 Å². The summed E-state index contributed by atoms with van der Waals surface area (Å²) in [5.74, 6) is -0.923. The van der Waals surface area contributed by atoms with Gasteiger partial charge in [0.05, 0.1) is 11.7 Å². The second-order valence-electron chi connectivity index (χ2n) is 4.04. The molecule has 4 nitrogen and oxygen atoms in total. The van der Waals surface area contributed by atoms with E-state index in [4.69, 9.17) is 5.11 Å². The summed E-state index contributed by atoms with van der Waals surface area (Å²) >= 11 is 0. The van der Waals surface area contributed by atoms with E-state index in [1.807, 2.05) is 18.9 Å². The van der Waals surface area contributed by atoms with Gasteiger partial charge in [-0.1, -0.05) is 0 Å². The Kier molecular flexibility index (Phi) is 3.90. The molecule has 0 aromatic heterocycles. The number of nitrogens with zero attached hydrogens (tertiary/aromatic N) is 1. The highest BCUT2D eigenvalue weighted by atomic mass is 16.4. The van der Waals surface area contributed by atoms with Crippen LogP contribution in [0.15, 0.2) is 18.2 Å². The Balaban J connectivity index is 2.94. The number of aryl methyl sites for hydroxylation is 1. The number of likely N-dealkylation sites (N-methyl/N-ethyl adjacent to an activating group) is 1. The highest BCUT2D eigenvalue weighted by molar-refractivity contribution is 5.88. The fraction of sp³-hybridized carbons (Fsp3) is 0.417. The van der Waals surface area contributed by atoms with Gasteiger partial charge in [0.1, 0.15) is 0 Å². The fourth-order valence-electron chi connectivity index (χ4n) is 1.71. The number of hydrogen-bond acceptors (Lipinski definition) is 3. The Bertz CT molecular complexity index is 388. The highest BCUT2D eigenvalue weighted by Crippen LogP contribution is 2.20. The Morgan fingerprint density at radius 3 is 2.56 bits per heavy atom. The lowest BCUT2D eigenvalue weighted by molar-refractivity contribution is 0.0696. The van der Waals surface area contributed by atoms with Crippen LogP contribution in [-0.4, -0.2) is 35.9 Å². The van der Waals surface area contributed by atoms with Crippen LogP contribution in [0.25, 0.3) is 0 Å². The minimum atomic E-state index is -0.923. The zero-order chi connectivity index (χ0) is 12.3. The quantitative estimate of drug-likeness (QED) is 0.812. The van der Waals surface area contributed by atoms with Crippen LogP contribution in [0.5, 0.6) is 0 Å². The van der Waals surface area contributed by atoms with Crippen molar-refractivity contribution in [3.05, 3.63) is 29.3 Å². The lowest BCUT2D eigenvalue weighted by Gasteiger charge is -2.23. The van der Waals surface area contributed by atoms with Crippen LogP contribution >= 0.6 is 0 Å². The van der Waals surface area contributed by atoms with E-state index in [2.05, 4.69) is 0 Å². The van der Waals surface area contributed by atoms with Gasteiger partial charge in [0, 0.05) is 19.3 Å². The van der Waals surface area contributed by atoms with Gasteiger partial charge in [-0.2, -0.15) is 0 Å². The van der Waals surface area contributed by atoms with Crippen LogP contribution in [0.4, 0.5) is 5.69 Å². The first kappa shape index (κ1) is 12.5. The summed E-state index contributed by atoms with van der Waals surface area (Å²) < 4.78 is 0. The minimum absolute atomic E-state index is 0.284. The molecular weight excluding hydrogens is 206 g/mol. The summed E-state index contributed by atoms with van der Waals surface area (Å²) in [4.78, 5) is 12.7. The summed E-state index contributed by atoms with van der Waals surface area (Å²) in [7, 11) is 1.87. The molecule has 16 heavy (non-hydrogen) atoms. The maximum atomic E-state index is 10.8. The molecule has 1 atom stereocenters. The summed E-state index contributed by atoms with van der Waals surface area (Å²) in [5.41, 5.74) is 2.11. The van der Waals surface area contributed by atoms with Gasteiger partial charge < -0.3 is 15.1 Å². The monoisotopic (exact) mass is 223 g/mol. The smallest absolute Gasteiger partial charge is 0.335 e. The number of anilines is 1. The second kappa shape index (κ2) is 4.99. The lowest BCUT2D eigenvalue weighted by Crippen LogP contribution is -2.27. The number of carbonyl (C=O) groups is 1. The number of aromatic carboxylic acids is 1. The largest absolute Gasteiger partial charge is 0.478 e. The van der Waals surface area contributed by atoms with Crippen molar-refractivity contribution in [2.75, 3.05) is 18.5 Å². The van der Waals surface area contributed by atoms with Crippen molar-refractivity contribution in [2.45, 2.75) is 20.0 Å². The van der Waals surface area contributed by atoms with Crippen molar-refractivity contribution in [3.63, 3.8) is 0 Å². The number of carboxylic acid groups (broad SMARTS) is 1. The van der Waals surface area contributed by atoms with E-state index >= 15 is 0 Å². The van der Waals surface area contributed by atoms with Crippen LogP contribution < -0.4 is 4.90 Å². The van der Waals surface area contributed by atoms with Gasteiger partial charge in [0.25, 0.3) is 0 Å². The molecule has 1 rings (SSSR count). The first-order chi connectivity index (χ1) is 7.41. The van der Waals surface area contributed by atoms with E-state index in [0.717, 1.165) is 11.3 Å². The van der Waals surface area contributed by atoms with Gasteiger partial charge in [0.2, 0.25) is 0 Å². The molecule has 0 aliphatic rings. The maximum absolute atomic E-state index is 10.8. The number of hydrogen-bond donors (Lipinski definition) is 2. The Labute approximate surface area is 95.1 Å². The molecule has 0 aliphatic heterocycles. The molecule has 1 unspecified atom stereocenters. The van der Waals surface area contributed by atoms with Gasteiger partial charge in [-0.25, -0.2) is 4.79 Å². The molecule has 4 heteroatoms. The lowest BCUT2D eigenvalue weighted by atomic mass is 10.1. The average Bonchev–Trinajstić information content (AvgIpc) is 2.15. The third kappa shape index (κ3) is 2.97. The molecule has 2 N–H and O–H groups in total. The van der Waals surface area contributed by atoms with Crippen LogP contribution in [0, 0.1) is 6.92 Å². The SMILES string of the molecule is Cc1cc(C(=O)O)ccc1N(C)CC(C)O. The number of carboxylic acids is 1. The van der Waals surface area contributed by atoms with Crippen molar-refractivity contribution in [3.8, 4) is 0 Å². The van der Waals surface area contributed by atoms with E-state index in [1.165, 1.54) is 0 Å². The normalized spacial score (nSPS) is 12.2. The summed E-state index contributed by atoms with van der Waals surface area (Å²) in [6, 6.07) is 4.97. The third-order valence-corrected chi connectivity index (χ3v) is 2.39. The van der Waals surface area contributed by atoms with Gasteiger partial charge >= 0.3 is 5.97 Å². The number of benzene rings is 1. The fourth-order valence-corrected chi connectivity index (χ4v) is 1.71. The van der Waals surface area contributed by atoms with Crippen molar-refractivity contribution in [1.29, 1.82) is 0 Å². The molecule has 0 saturated carbocycles. The van der Waals surface area contributed by atoms with E-state index < -0.39 is 12.1 Å². The molecule has 0 fully saturated rings. The Morgan fingerprint density at radius 1 is 1.50 bits per heavy atom. The van der Waals surface area contributed by atoms with Gasteiger partial charge in [-0.15, -0.1) is 0 Å². The first-order valence-electron chi connectivity index (χ1n) is 5.15. The molecule has 0 bridgehead atoms. The molecule has 0 spiro atoms. The Morgan fingerprint density at radius 2 is 2.12 bits per heavy atom. The zero-order valence-corrected chi connectivity index (χ0v) is 9.77. The summed E-state index contributed by atoms with van der Waals surface area (Å²) in [5, 5.41) is 18.1. The van der Waals surface area contributed by atoms with Crippen LogP contribution in [0.3, 0.4) is 0 Å². The van der Waals surface area contributed by atoms with Crippen molar-refractivity contribution >= 4 is 11.7 Å². The third-order valence-electron chi connectivity index (χ3n) is 2.39. The van der Waals surface area contributed by atoms with Gasteiger partial charge in [-0.05, 0) is 37.6 Å². The molecule has 1 aromatic rings. The molecule has 1 aromatic carbocycles. The topological polar surface area (TPSA) is 60.8 Å². The standard InChI is InChI=1S/C12H17NO3/c1-8-6-10(12(15)16)4-5-11(8)13(3)7-9(2)14/h4-6,9,14H,7H2,1-3H3,(H,15,16). The molecule has 0 aliphatic carbocycles. The van der Waals surface area contributed by atoms with Gasteiger partial charge in [-0.3, -0.25) is 0 Å². The maximum Gasteiger partial charge on any atom is 0.335 e.